The van der Waals surface area contributed by atoms with Crippen molar-refractivity contribution in [3.8, 4) is 11.4 Å². The fourth-order valence-electron chi connectivity index (χ4n) is 1.77. The molecule has 0 unspecified atom stereocenters. The Balaban J connectivity index is 0.00000121. The molecule has 0 radical (unpaired) electrons. The second-order valence-electron chi connectivity index (χ2n) is 3.89. The third-order valence-electron chi connectivity index (χ3n) is 2.56. The molecule has 116 valence electrons. The van der Waals surface area contributed by atoms with Crippen LogP contribution in [0.3, 0.4) is 0 Å². The Morgan fingerprint density at radius 2 is 2.09 bits per heavy atom. The Morgan fingerprint density at radius 1 is 1.27 bits per heavy atom. The van der Waals surface area contributed by atoms with Gasteiger partial charge in [-0.05, 0) is 12.1 Å². The summed E-state index contributed by atoms with van der Waals surface area (Å²) >= 11 is 1.53. The molecule has 0 aliphatic heterocycles. The van der Waals surface area contributed by atoms with Crippen molar-refractivity contribution in [2.24, 2.45) is 21.7 Å². The molecule has 3 aromatic rings. The van der Waals surface area contributed by atoms with E-state index in [-0.39, 0.29) is 30.8 Å². The van der Waals surface area contributed by atoms with E-state index in [2.05, 4.69) is 20.2 Å². The summed E-state index contributed by atoms with van der Waals surface area (Å²) in [6.07, 6.45) is 5.20. The highest BCUT2D eigenvalue weighted by molar-refractivity contribution is 7.15. The molecule has 0 bridgehead atoms. The molecule has 7 nitrogen and oxygen atoms in total. The smallest absolute Gasteiger partial charge is 0.211 e. The molecular formula is C12H13Cl2N7S. The molecule has 0 aliphatic carbocycles. The van der Waals surface area contributed by atoms with Gasteiger partial charge in [-0.15, -0.1) is 41.3 Å². The Kier molecular flexibility index (Phi) is 6.29. The number of nitrogens with two attached hydrogens (primary N) is 2. The highest BCUT2D eigenvalue weighted by Gasteiger charge is 2.13. The molecule has 0 spiro atoms. The Labute approximate surface area is 142 Å². The van der Waals surface area contributed by atoms with Crippen LogP contribution in [0.4, 0.5) is 0 Å². The van der Waals surface area contributed by atoms with E-state index >= 15 is 0 Å². The summed E-state index contributed by atoms with van der Waals surface area (Å²) in [5.74, 6) is -0.0910. The standard InChI is InChI=1S/C12H11N7S.2ClH/c13-11(14)18-16-7-9-10(8-3-1-2-4-15-8)17-12-19(9)5-6-20-12;;/h1-7H,(H4,13,14,18);2*1H/b16-7+;;. The zero-order valence-corrected chi connectivity index (χ0v) is 13.6. The highest BCUT2D eigenvalue weighted by Crippen LogP contribution is 2.23. The van der Waals surface area contributed by atoms with Crippen LogP contribution >= 0.6 is 36.2 Å². The van der Waals surface area contributed by atoms with Gasteiger partial charge in [0, 0.05) is 17.8 Å². The van der Waals surface area contributed by atoms with Crippen molar-refractivity contribution >= 4 is 53.3 Å². The normalized spacial score (nSPS) is 10.2. The highest BCUT2D eigenvalue weighted by atomic mass is 35.5. The van der Waals surface area contributed by atoms with Crippen molar-refractivity contribution in [2.75, 3.05) is 0 Å². The van der Waals surface area contributed by atoms with Gasteiger partial charge >= 0.3 is 0 Å². The van der Waals surface area contributed by atoms with Gasteiger partial charge in [0.2, 0.25) is 5.96 Å². The lowest BCUT2D eigenvalue weighted by molar-refractivity contribution is 1.18. The maximum Gasteiger partial charge on any atom is 0.211 e. The Morgan fingerprint density at radius 3 is 2.77 bits per heavy atom. The first-order chi connectivity index (χ1) is 9.75. The monoisotopic (exact) mass is 357 g/mol. The predicted octanol–water partition coefficient (Wildman–Crippen LogP) is 1.91. The van der Waals surface area contributed by atoms with E-state index in [0.717, 1.165) is 22.0 Å². The van der Waals surface area contributed by atoms with E-state index in [1.807, 2.05) is 34.2 Å². The predicted molar refractivity (Wildman–Crippen MR) is 94.2 cm³/mol. The van der Waals surface area contributed by atoms with Crippen LogP contribution in [0, 0.1) is 0 Å². The largest absolute Gasteiger partial charge is 0.369 e. The van der Waals surface area contributed by atoms with Gasteiger partial charge in [-0.25, -0.2) is 4.98 Å². The Hall–Kier alpha value is -2.16. The second-order valence-corrected chi connectivity index (χ2v) is 4.76. The van der Waals surface area contributed by atoms with E-state index in [1.54, 1.807) is 12.4 Å². The van der Waals surface area contributed by atoms with E-state index < -0.39 is 0 Å². The lowest BCUT2D eigenvalue weighted by atomic mass is 10.2. The van der Waals surface area contributed by atoms with Crippen molar-refractivity contribution in [1.29, 1.82) is 0 Å². The third-order valence-corrected chi connectivity index (χ3v) is 3.32. The average Bonchev–Trinajstić information content (AvgIpc) is 3.01. The van der Waals surface area contributed by atoms with Crippen molar-refractivity contribution in [3.63, 3.8) is 0 Å². The molecule has 0 aromatic carbocycles. The Bertz CT molecular complexity index is 790. The van der Waals surface area contributed by atoms with Crippen LogP contribution in [-0.2, 0) is 0 Å². The summed E-state index contributed by atoms with van der Waals surface area (Å²) in [4.78, 5) is 9.73. The van der Waals surface area contributed by atoms with Gasteiger partial charge in [0.25, 0.3) is 0 Å². The summed E-state index contributed by atoms with van der Waals surface area (Å²) in [6, 6.07) is 5.66. The molecule has 0 saturated heterocycles. The number of guanidine groups is 1. The molecular weight excluding hydrogens is 345 g/mol. The van der Waals surface area contributed by atoms with Crippen LogP contribution in [0.2, 0.25) is 0 Å². The summed E-state index contributed by atoms with van der Waals surface area (Å²) in [5.41, 5.74) is 12.8. The minimum Gasteiger partial charge on any atom is -0.369 e. The molecule has 10 heteroatoms. The van der Waals surface area contributed by atoms with E-state index in [1.165, 1.54) is 11.3 Å². The minimum atomic E-state index is -0.0910. The number of hydrogen-bond donors (Lipinski definition) is 2. The lowest BCUT2D eigenvalue weighted by Crippen LogP contribution is -2.21. The number of fused-ring (bicyclic) bond motifs is 1. The number of nitrogens with zero attached hydrogens (tertiary/aromatic N) is 5. The fraction of sp³-hybridized carbons (Fsp3) is 0. The van der Waals surface area contributed by atoms with E-state index in [9.17, 15) is 0 Å². The van der Waals surface area contributed by atoms with Crippen molar-refractivity contribution in [3.05, 3.63) is 41.7 Å². The van der Waals surface area contributed by atoms with Crippen molar-refractivity contribution in [2.45, 2.75) is 0 Å². The van der Waals surface area contributed by atoms with Crippen LogP contribution in [0.15, 0.2) is 46.2 Å². The quantitative estimate of drug-likeness (QED) is 0.424. The fourth-order valence-corrected chi connectivity index (χ4v) is 2.49. The summed E-state index contributed by atoms with van der Waals surface area (Å²) in [6.45, 7) is 0. The van der Waals surface area contributed by atoms with Gasteiger partial charge in [-0.2, -0.15) is 5.10 Å². The van der Waals surface area contributed by atoms with Crippen LogP contribution in [0.25, 0.3) is 16.3 Å². The summed E-state index contributed by atoms with van der Waals surface area (Å²) in [5, 5.41) is 9.41. The van der Waals surface area contributed by atoms with Gasteiger partial charge < -0.3 is 11.5 Å². The second kappa shape index (κ2) is 7.74. The average molecular weight is 358 g/mol. The van der Waals surface area contributed by atoms with Crippen LogP contribution in [0.5, 0.6) is 0 Å². The number of aromatic nitrogens is 3. The number of halogens is 2. The van der Waals surface area contributed by atoms with Gasteiger partial charge in [-0.3, -0.25) is 9.38 Å². The first kappa shape index (κ1) is 17.9. The van der Waals surface area contributed by atoms with E-state index in [4.69, 9.17) is 11.5 Å². The van der Waals surface area contributed by atoms with Crippen LogP contribution in [0.1, 0.15) is 5.69 Å². The SMILES string of the molecule is Cl.Cl.NC(N)=N/N=C/c1c(-c2ccccn2)nc2sccn12. The molecule has 0 amide bonds. The molecule has 3 heterocycles. The molecule has 4 N–H and O–H groups in total. The number of thiazole rings is 1. The molecule has 0 saturated carbocycles. The lowest BCUT2D eigenvalue weighted by Gasteiger charge is -1.97. The number of rotatable bonds is 3. The molecule has 0 fully saturated rings. The maximum absolute atomic E-state index is 5.25. The van der Waals surface area contributed by atoms with E-state index in [0.29, 0.717) is 0 Å². The topological polar surface area (TPSA) is 107 Å². The van der Waals surface area contributed by atoms with Crippen LogP contribution in [-0.4, -0.2) is 26.5 Å². The zero-order chi connectivity index (χ0) is 13.9. The van der Waals surface area contributed by atoms with Gasteiger partial charge in [0.15, 0.2) is 4.96 Å². The van der Waals surface area contributed by atoms with Crippen molar-refractivity contribution in [1.82, 2.24) is 14.4 Å². The van der Waals surface area contributed by atoms with Gasteiger partial charge in [0.1, 0.15) is 5.69 Å². The van der Waals surface area contributed by atoms with Gasteiger partial charge in [-0.1, -0.05) is 6.07 Å². The maximum atomic E-state index is 5.25. The molecule has 3 aromatic heterocycles. The molecule has 3 rings (SSSR count). The molecule has 0 atom stereocenters. The minimum absolute atomic E-state index is 0. The number of pyridine rings is 1. The summed E-state index contributed by atoms with van der Waals surface area (Å²) in [7, 11) is 0. The summed E-state index contributed by atoms with van der Waals surface area (Å²) < 4.78 is 1.92. The number of imidazole rings is 1. The van der Waals surface area contributed by atoms with Crippen molar-refractivity contribution < 1.29 is 0 Å². The molecule has 22 heavy (non-hydrogen) atoms. The first-order valence-corrected chi connectivity index (χ1v) is 6.62. The van der Waals surface area contributed by atoms with Crippen LogP contribution < -0.4 is 11.5 Å². The third kappa shape index (κ3) is 3.53. The zero-order valence-electron chi connectivity index (χ0n) is 11.2. The first-order valence-electron chi connectivity index (χ1n) is 5.74. The molecule has 0 aliphatic rings. The van der Waals surface area contributed by atoms with Gasteiger partial charge in [0.05, 0.1) is 17.6 Å². The number of hydrogen-bond acceptors (Lipinski definition) is 5.